The number of anilines is 1. The number of amidine groups is 1. The lowest BCUT2D eigenvalue weighted by atomic mass is 10.2. The number of hydrogen-bond acceptors (Lipinski definition) is 8. The molecule has 0 saturated carbocycles. The Bertz CT molecular complexity index is 985. The molecule has 10 heteroatoms. The Kier molecular flexibility index (Phi) is 5.80. The fourth-order valence-electron chi connectivity index (χ4n) is 2.41. The van der Waals surface area contributed by atoms with Crippen molar-refractivity contribution in [2.24, 2.45) is 10.2 Å². The monoisotopic (exact) mass is 398 g/mol. The summed E-state index contributed by atoms with van der Waals surface area (Å²) in [5.74, 6) is 0.419. The molecule has 3 rings (SSSR count). The van der Waals surface area contributed by atoms with E-state index in [1.807, 2.05) is 18.2 Å². The van der Waals surface area contributed by atoms with Crippen LogP contribution in [0.2, 0.25) is 0 Å². The van der Waals surface area contributed by atoms with E-state index in [1.54, 1.807) is 31.4 Å². The molecule has 0 spiro atoms. The standard InChI is InChI=1S/C18H17N5O4S/c1-12(24)17-21-22(14-8-4-5-9-15(14)23(25)26)18(28-17)20-19-11-13-7-3-6-10-16(13)27-2/h3-11,21,24H,1-2H3/p-1. The van der Waals surface area contributed by atoms with Crippen LogP contribution in [-0.4, -0.2) is 23.4 Å². The fraction of sp³-hybridized carbons (Fsp3) is 0.111. The van der Waals surface area contributed by atoms with E-state index in [9.17, 15) is 15.2 Å². The summed E-state index contributed by atoms with van der Waals surface area (Å²) in [6, 6.07) is 13.5. The van der Waals surface area contributed by atoms with E-state index in [-0.39, 0.29) is 22.3 Å². The third-order valence-corrected chi connectivity index (χ3v) is 4.75. The van der Waals surface area contributed by atoms with E-state index in [2.05, 4.69) is 15.6 Å². The number of hydrogen-bond donors (Lipinski definition) is 1. The van der Waals surface area contributed by atoms with Crippen LogP contribution < -0.4 is 20.3 Å². The summed E-state index contributed by atoms with van der Waals surface area (Å²) in [6.07, 6.45) is 1.51. The topological polar surface area (TPSA) is 115 Å². The number of methoxy groups -OCH3 is 1. The Morgan fingerprint density at radius 2 is 1.96 bits per heavy atom. The molecule has 0 aromatic heterocycles. The van der Waals surface area contributed by atoms with Gasteiger partial charge >= 0.3 is 0 Å². The van der Waals surface area contributed by atoms with Crippen molar-refractivity contribution in [3.05, 3.63) is 75.0 Å². The van der Waals surface area contributed by atoms with Crippen molar-refractivity contribution in [3.63, 3.8) is 0 Å². The number of para-hydroxylation sites is 3. The summed E-state index contributed by atoms with van der Waals surface area (Å²) in [5.41, 5.74) is 3.70. The largest absolute Gasteiger partial charge is 0.874 e. The lowest BCUT2D eigenvalue weighted by molar-refractivity contribution is -0.384. The van der Waals surface area contributed by atoms with Crippen LogP contribution in [0.3, 0.4) is 0 Å². The first-order valence-corrected chi connectivity index (χ1v) is 8.93. The molecule has 0 radical (unpaired) electrons. The Hall–Kier alpha value is -3.53. The maximum absolute atomic E-state index is 11.8. The average Bonchev–Trinajstić information content (AvgIpc) is 3.12. The molecule has 1 heterocycles. The van der Waals surface area contributed by atoms with Crippen molar-refractivity contribution < 1.29 is 14.8 Å². The first-order valence-electron chi connectivity index (χ1n) is 8.11. The number of rotatable bonds is 5. The van der Waals surface area contributed by atoms with Crippen LogP contribution in [0.15, 0.2) is 69.5 Å². The minimum absolute atomic E-state index is 0.123. The smallest absolute Gasteiger partial charge is 0.294 e. The minimum Gasteiger partial charge on any atom is -0.874 e. The fourth-order valence-corrected chi connectivity index (χ4v) is 3.20. The molecule has 1 N–H and O–H groups in total. The summed E-state index contributed by atoms with van der Waals surface area (Å²) in [4.78, 5) is 10.9. The second-order valence-electron chi connectivity index (χ2n) is 5.55. The molecule has 0 atom stereocenters. The molecule has 2 aromatic carbocycles. The molecule has 1 aliphatic rings. The van der Waals surface area contributed by atoms with Crippen molar-refractivity contribution in [3.8, 4) is 5.75 Å². The summed E-state index contributed by atoms with van der Waals surface area (Å²) in [5, 5.41) is 33.3. The van der Waals surface area contributed by atoms with Gasteiger partial charge in [0.05, 0.1) is 23.3 Å². The Balaban J connectivity index is 1.97. The van der Waals surface area contributed by atoms with Gasteiger partial charge in [-0.1, -0.05) is 31.2 Å². The number of thioether (sulfide) groups is 1. The summed E-state index contributed by atoms with van der Waals surface area (Å²) < 4.78 is 5.26. The average molecular weight is 398 g/mol. The SMILES string of the molecule is COc1ccccc1C=NN=C1SC(=C(C)[O-])NN1c1ccccc1[N+](=O)[O-]. The highest BCUT2D eigenvalue weighted by molar-refractivity contribution is 8.17. The van der Waals surface area contributed by atoms with Crippen LogP contribution >= 0.6 is 11.8 Å². The second kappa shape index (κ2) is 8.44. The molecule has 0 unspecified atom stereocenters. The summed E-state index contributed by atoms with van der Waals surface area (Å²) in [6.45, 7) is 1.40. The normalized spacial score (nSPS) is 17.1. The van der Waals surface area contributed by atoms with Crippen molar-refractivity contribution in [1.82, 2.24) is 5.43 Å². The van der Waals surface area contributed by atoms with Crippen molar-refractivity contribution in [2.45, 2.75) is 6.92 Å². The number of nitrogens with zero attached hydrogens (tertiary/aromatic N) is 4. The van der Waals surface area contributed by atoms with E-state index in [1.165, 1.54) is 24.2 Å². The van der Waals surface area contributed by atoms with Gasteiger partial charge in [0.1, 0.15) is 11.4 Å². The molecule has 1 fully saturated rings. The lowest BCUT2D eigenvalue weighted by Gasteiger charge is -2.18. The number of nitro benzene ring substituents is 1. The number of hydrazine groups is 1. The van der Waals surface area contributed by atoms with Gasteiger partial charge < -0.3 is 9.84 Å². The zero-order valence-corrected chi connectivity index (χ0v) is 15.8. The van der Waals surface area contributed by atoms with E-state index < -0.39 is 4.92 Å². The molecule has 0 aliphatic carbocycles. The Morgan fingerprint density at radius 3 is 2.68 bits per heavy atom. The second-order valence-corrected chi connectivity index (χ2v) is 6.53. The van der Waals surface area contributed by atoms with Gasteiger partial charge in [-0.15, -0.1) is 10.9 Å². The van der Waals surface area contributed by atoms with Gasteiger partial charge in [-0.05, 0) is 30.0 Å². The van der Waals surface area contributed by atoms with Crippen LogP contribution in [-0.2, 0) is 0 Å². The highest BCUT2D eigenvalue weighted by atomic mass is 32.2. The predicted octanol–water partition coefficient (Wildman–Crippen LogP) is 2.60. The molecular formula is C18H16N5O4S-. The number of benzene rings is 2. The van der Waals surface area contributed by atoms with Crippen LogP contribution in [0, 0.1) is 10.1 Å². The lowest BCUT2D eigenvalue weighted by Crippen LogP contribution is -2.34. The molecule has 1 saturated heterocycles. The molecule has 0 amide bonds. The Labute approximate surface area is 165 Å². The molecule has 1 aliphatic heterocycles. The first-order chi connectivity index (χ1) is 13.5. The van der Waals surface area contributed by atoms with Crippen LogP contribution in [0.4, 0.5) is 11.4 Å². The quantitative estimate of drug-likeness (QED) is 0.356. The number of nitrogens with one attached hydrogen (secondary N) is 1. The summed E-state index contributed by atoms with van der Waals surface area (Å²) in [7, 11) is 1.56. The maximum Gasteiger partial charge on any atom is 0.294 e. The van der Waals surface area contributed by atoms with Crippen LogP contribution in [0.25, 0.3) is 0 Å². The van der Waals surface area contributed by atoms with Gasteiger partial charge in [-0.2, -0.15) is 5.10 Å². The molecule has 2 aromatic rings. The maximum atomic E-state index is 11.8. The Morgan fingerprint density at radius 1 is 1.25 bits per heavy atom. The van der Waals surface area contributed by atoms with Crippen molar-refractivity contribution in [2.75, 3.05) is 12.1 Å². The van der Waals surface area contributed by atoms with Gasteiger partial charge in [-0.3, -0.25) is 15.5 Å². The number of nitro groups is 1. The third-order valence-electron chi connectivity index (χ3n) is 3.72. The van der Waals surface area contributed by atoms with Crippen molar-refractivity contribution >= 4 is 34.5 Å². The van der Waals surface area contributed by atoms with Crippen LogP contribution in [0.1, 0.15) is 12.5 Å². The first kappa shape index (κ1) is 19.2. The minimum atomic E-state index is -0.497. The van der Waals surface area contributed by atoms with E-state index in [0.29, 0.717) is 10.8 Å². The van der Waals surface area contributed by atoms with Gasteiger partial charge in [0.15, 0.2) is 0 Å². The van der Waals surface area contributed by atoms with E-state index in [4.69, 9.17) is 4.74 Å². The third kappa shape index (κ3) is 4.07. The molecule has 28 heavy (non-hydrogen) atoms. The predicted molar refractivity (Wildman–Crippen MR) is 107 cm³/mol. The molecule has 0 bridgehead atoms. The summed E-state index contributed by atoms with van der Waals surface area (Å²) >= 11 is 1.05. The van der Waals surface area contributed by atoms with Crippen LogP contribution in [0.5, 0.6) is 5.75 Å². The zero-order valence-electron chi connectivity index (χ0n) is 15.0. The highest BCUT2D eigenvalue weighted by Crippen LogP contribution is 2.35. The van der Waals surface area contributed by atoms with Crippen molar-refractivity contribution in [1.29, 1.82) is 0 Å². The number of ether oxygens (including phenoxy) is 1. The van der Waals surface area contributed by atoms with Gasteiger partial charge in [0.25, 0.3) is 5.69 Å². The van der Waals surface area contributed by atoms with Gasteiger partial charge in [-0.25, -0.2) is 5.01 Å². The van der Waals surface area contributed by atoms with E-state index >= 15 is 0 Å². The van der Waals surface area contributed by atoms with Gasteiger partial charge in [0.2, 0.25) is 5.17 Å². The molecular weight excluding hydrogens is 382 g/mol. The number of allylic oxidation sites excluding steroid dienone is 1. The zero-order chi connectivity index (χ0) is 20.1. The highest BCUT2D eigenvalue weighted by Gasteiger charge is 2.30. The molecule has 9 nitrogen and oxygen atoms in total. The molecule has 144 valence electrons. The van der Waals surface area contributed by atoms with Gasteiger partial charge in [0, 0.05) is 11.6 Å². The van der Waals surface area contributed by atoms with E-state index in [0.717, 1.165) is 17.3 Å².